The summed E-state index contributed by atoms with van der Waals surface area (Å²) in [5, 5.41) is 0. The Kier molecular flexibility index (Phi) is 8.90. The Morgan fingerprint density at radius 2 is 1.08 bits per heavy atom. The summed E-state index contributed by atoms with van der Waals surface area (Å²) in [7, 11) is 0. The molecule has 0 radical (unpaired) electrons. The number of hydrogen-bond donors (Lipinski definition) is 0. The van der Waals surface area contributed by atoms with Crippen LogP contribution in [-0.2, 0) is 12.8 Å². The lowest BCUT2D eigenvalue weighted by atomic mass is 9.97. The zero-order valence-corrected chi connectivity index (χ0v) is 21.0. The summed E-state index contributed by atoms with van der Waals surface area (Å²) in [5.74, 6) is -5.37. The van der Waals surface area contributed by atoms with Gasteiger partial charge in [-0.2, -0.15) is 0 Å². The van der Waals surface area contributed by atoms with Gasteiger partial charge in [-0.05, 0) is 71.7 Å². The third kappa shape index (κ3) is 6.65. The first-order valence-corrected chi connectivity index (χ1v) is 12.4. The van der Waals surface area contributed by atoms with Gasteiger partial charge in [0.2, 0.25) is 0 Å². The second-order valence-electron chi connectivity index (χ2n) is 9.05. The van der Waals surface area contributed by atoms with Crippen LogP contribution < -0.4 is 0 Å². The molecule has 0 bridgehead atoms. The molecule has 0 unspecified atom stereocenters. The van der Waals surface area contributed by atoms with Crippen molar-refractivity contribution in [3.63, 3.8) is 0 Å². The van der Waals surface area contributed by atoms with Crippen LogP contribution in [0.4, 0.5) is 22.0 Å². The van der Waals surface area contributed by atoms with E-state index < -0.39 is 29.1 Å². The summed E-state index contributed by atoms with van der Waals surface area (Å²) in [5.41, 5.74) is 5.49. The Balaban J connectivity index is 1.39. The number of aryl methyl sites for hydroxylation is 2. The van der Waals surface area contributed by atoms with Crippen LogP contribution in [0.2, 0.25) is 0 Å². The second-order valence-corrected chi connectivity index (χ2v) is 9.05. The third-order valence-corrected chi connectivity index (χ3v) is 6.39. The molecular formula is C33H27F5. The first-order valence-electron chi connectivity index (χ1n) is 12.4. The van der Waals surface area contributed by atoms with E-state index in [0.717, 1.165) is 39.9 Å². The molecule has 0 atom stereocenters. The highest BCUT2D eigenvalue weighted by atomic mass is 19.2. The Hall–Kier alpha value is -3.99. The van der Waals surface area contributed by atoms with E-state index >= 15 is 0 Å². The summed E-state index contributed by atoms with van der Waals surface area (Å²) in [4.78, 5) is 0. The van der Waals surface area contributed by atoms with Crippen molar-refractivity contribution in [1.29, 1.82) is 0 Å². The molecule has 0 saturated heterocycles. The minimum absolute atomic E-state index is 0.0363. The Morgan fingerprint density at radius 1 is 0.632 bits per heavy atom. The van der Waals surface area contributed by atoms with Crippen LogP contribution in [-0.4, -0.2) is 0 Å². The smallest absolute Gasteiger partial charge is 0.194 e. The Bertz CT molecular complexity index is 1410. The second kappa shape index (κ2) is 12.5. The molecule has 0 amide bonds. The van der Waals surface area contributed by atoms with Crippen LogP contribution >= 0.6 is 0 Å². The number of halogens is 5. The predicted octanol–water partition coefficient (Wildman–Crippen LogP) is 10.2. The lowest BCUT2D eigenvalue weighted by Crippen LogP contribution is -1.97. The first kappa shape index (κ1) is 27.1. The van der Waals surface area contributed by atoms with Gasteiger partial charge < -0.3 is 0 Å². The quantitative estimate of drug-likeness (QED) is 0.117. The Morgan fingerprint density at radius 3 is 1.58 bits per heavy atom. The fourth-order valence-electron chi connectivity index (χ4n) is 4.21. The van der Waals surface area contributed by atoms with Crippen LogP contribution in [0.25, 0.3) is 28.1 Å². The first-order chi connectivity index (χ1) is 18.4. The molecule has 0 aromatic heterocycles. The maximum absolute atomic E-state index is 14.4. The molecule has 5 heteroatoms. The number of allylic oxidation sites excluding steroid dienone is 3. The molecule has 0 spiro atoms. The van der Waals surface area contributed by atoms with E-state index in [2.05, 4.69) is 0 Å². The van der Waals surface area contributed by atoms with E-state index in [1.165, 1.54) is 0 Å². The summed E-state index contributed by atoms with van der Waals surface area (Å²) in [6.07, 6.45) is 5.07. The van der Waals surface area contributed by atoms with Crippen molar-refractivity contribution in [3.05, 3.63) is 137 Å². The largest absolute Gasteiger partial charge is 0.209 e. The van der Waals surface area contributed by atoms with Gasteiger partial charge in [0.15, 0.2) is 23.3 Å². The van der Waals surface area contributed by atoms with Gasteiger partial charge in [0.25, 0.3) is 0 Å². The van der Waals surface area contributed by atoms with Gasteiger partial charge in [0, 0.05) is 12.0 Å². The van der Waals surface area contributed by atoms with Crippen LogP contribution in [0.1, 0.15) is 36.5 Å². The highest BCUT2D eigenvalue weighted by Crippen LogP contribution is 2.29. The molecule has 0 fully saturated rings. The molecular weight excluding hydrogens is 491 g/mol. The average Bonchev–Trinajstić information content (AvgIpc) is 2.95. The maximum atomic E-state index is 14.4. The van der Waals surface area contributed by atoms with Crippen molar-refractivity contribution in [3.8, 4) is 22.3 Å². The molecule has 4 aromatic carbocycles. The van der Waals surface area contributed by atoms with E-state index in [1.807, 2.05) is 61.5 Å². The molecule has 0 heterocycles. The van der Waals surface area contributed by atoms with Crippen LogP contribution in [0.5, 0.6) is 0 Å². The van der Waals surface area contributed by atoms with Gasteiger partial charge in [0.1, 0.15) is 5.83 Å². The van der Waals surface area contributed by atoms with Gasteiger partial charge in [0.05, 0.1) is 0 Å². The molecule has 0 N–H and O–H groups in total. The molecule has 4 rings (SSSR count). The summed E-state index contributed by atoms with van der Waals surface area (Å²) in [6.45, 7) is 1.84. The molecule has 0 aliphatic rings. The van der Waals surface area contributed by atoms with E-state index in [0.29, 0.717) is 24.8 Å². The zero-order valence-electron chi connectivity index (χ0n) is 21.0. The summed E-state index contributed by atoms with van der Waals surface area (Å²) >= 11 is 0. The highest BCUT2D eigenvalue weighted by molar-refractivity contribution is 5.72. The van der Waals surface area contributed by atoms with Crippen molar-refractivity contribution >= 4 is 5.83 Å². The van der Waals surface area contributed by atoms with Crippen molar-refractivity contribution < 1.29 is 22.0 Å². The minimum Gasteiger partial charge on any atom is -0.209 e. The van der Waals surface area contributed by atoms with Crippen LogP contribution in [0, 0.1) is 17.5 Å². The number of benzene rings is 4. The van der Waals surface area contributed by atoms with Crippen molar-refractivity contribution in [2.24, 2.45) is 0 Å². The van der Waals surface area contributed by atoms with Gasteiger partial charge in [-0.3, -0.25) is 0 Å². The van der Waals surface area contributed by atoms with Gasteiger partial charge in [-0.1, -0.05) is 84.9 Å². The lowest BCUT2D eigenvalue weighted by Gasteiger charge is -2.08. The normalized spacial score (nSPS) is 12.2. The fourth-order valence-corrected chi connectivity index (χ4v) is 4.21. The van der Waals surface area contributed by atoms with E-state index in [9.17, 15) is 22.0 Å². The topological polar surface area (TPSA) is 0 Å². The van der Waals surface area contributed by atoms with Gasteiger partial charge >= 0.3 is 0 Å². The predicted molar refractivity (Wildman–Crippen MR) is 144 cm³/mol. The molecule has 4 aromatic rings. The fraction of sp³-hybridized carbons (Fsp3) is 0.152. The highest BCUT2D eigenvalue weighted by Gasteiger charge is 2.11. The molecule has 0 nitrogen and oxygen atoms in total. The van der Waals surface area contributed by atoms with E-state index in [4.69, 9.17) is 0 Å². The summed E-state index contributed by atoms with van der Waals surface area (Å²) < 4.78 is 68.4. The zero-order chi connectivity index (χ0) is 27.1. The van der Waals surface area contributed by atoms with Crippen LogP contribution in [0.15, 0.2) is 103 Å². The molecule has 0 aliphatic heterocycles. The van der Waals surface area contributed by atoms with Crippen molar-refractivity contribution in [1.82, 2.24) is 0 Å². The molecule has 194 valence electrons. The lowest BCUT2D eigenvalue weighted by molar-refractivity contribution is 0.445. The molecule has 38 heavy (non-hydrogen) atoms. The van der Waals surface area contributed by atoms with Gasteiger partial charge in [-0.25, -0.2) is 22.0 Å². The number of rotatable bonds is 9. The van der Waals surface area contributed by atoms with E-state index in [-0.39, 0.29) is 12.0 Å². The van der Waals surface area contributed by atoms with Gasteiger partial charge in [-0.15, -0.1) is 0 Å². The standard InChI is InChI=1S/C33H27F5/c1-2-3-4-5-29(34)32(37)28-18-16-27(17-19-28)26-14-12-25(13-15-26)24-10-8-22(9-11-24)6-7-23-20-30(35)33(38)31(36)21-23/h2-3,8-21H,4-7H2,1H3. The SMILES string of the molecule is CC=CCCC(F)=C(F)c1ccc(-c2ccc(-c3ccc(CCc4cc(F)c(F)c(F)c4)cc3)cc2)cc1. The van der Waals surface area contributed by atoms with E-state index in [1.54, 1.807) is 30.3 Å². The third-order valence-electron chi connectivity index (χ3n) is 6.39. The van der Waals surface area contributed by atoms with Crippen molar-refractivity contribution in [2.45, 2.75) is 32.6 Å². The van der Waals surface area contributed by atoms with Crippen LogP contribution in [0.3, 0.4) is 0 Å². The number of hydrogen-bond acceptors (Lipinski definition) is 0. The average molecular weight is 519 g/mol. The summed E-state index contributed by atoms with van der Waals surface area (Å²) in [6, 6.07) is 24.6. The monoisotopic (exact) mass is 518 g/mol. The Labute approximate surface area is 219 Å². The minimum atomic E-state index is -1.45. The molecule has 0 saturated carbocycles. The molecule has 0 aliphatic carbocycles. The maximum Gasteiger partial charge on any atom is 0.194 e. The van der Waals surface area contributed by atoms with Crippen molar-refractivity contribution in [2.75, 3.05) is 0 Å².